The van der Waals surface area contributed by atoms with Crippen LogP contribution in [0.3, 0.4) is 0 Å². The molecule has 2 unspecified atom stereocenters. The Morgan fingerprint density at radius 1 is 1.31 bits per heavy atom. The summed E-state index contributed by atoms with van der Waals surface area (Å²) in [7, 11) is 5.17. The molecule has 16 heavy (non-hydrogen) atoms. The van der Waals surface area contributed by atoms with Crippen molar-refractivity contribution in [3.05, 3.63) is 12.2 Å². The summed E-state index contributed by atoms with van der Waals surface area (Å²) in [5.74, 6) is 0.887. The van der Waals surface area contributed by atoms with Crippen molar-refractivity contribution in [2.24, 2.45) is 7.05 Å². The Morgan fingerprint density at radius 2 is 1.94 bits per heavy atom. The lowest BCUT2D eigenvalue weighted by atomic mass is 10.2. The molecule has 0 amide bonds. The highest BCUT2D eigenvalue weighted by atomic mass is 16.7. The van der Waals surface area contributed by atoms with E-state index in [0.717, 1.165) is 5.82 Å². The van der Waals surface area contributed by atoms with Crippen LogP contribution >= 0.6 is 0 Å². The van der Waals surface area contributed by atoms with Gasteiger partial charge >= 0.3 is 0 Å². The molecule has 0 spiro atoms. The quantitative estimate of drug-likeness (QED) is 0.717. The summed E-state index contributed by atoms with van der Waals surface area (Å²) in [6.45, 7) is 4.04. The molecule has 0 aromatic carbocycles. The van der Waals surface area contributed by atoms with Gasteiger partial charge in [-0.15, -0.1) is 10.2 Å². The lowest BCUT2D eigenvalue weighted by Gasteiger charge is -2.25. The molecule has 92 valence electrons. The molecule has 6 nitrogen and oxygen atoms in total. The van der Waals surface area contributed by atoms with Gasteiger partial charge in [0, 0.05) is 21.3 Å². The van der Waals surface area contributed by atoms with Crippen LogP contribution in [-0.2, 0) is 16.5 Å². The maximum Gasteiger partial charge on any atom is 0.171 e. The molecule has 1 rings (SSSR count). The molecule has 0 radical (unpaired) electrons. The highest BCUT2D eigenvalue weighted by Gasteiger charge is 2.20. The highest BCUT2D eigenvalue weighted by molar-refractivity contribution is 4.93. The second kappa shape index (κ2) is 5.93. The number of ether oxygens (including phenoxy) is 2. The number of nitrogens with zero attached hydrogens (tertiary/aromatic N) is 3. The summed E-state index contributed by atoms with van der Waals surface area (Å²) < 4.78 is 12.3. The average Bonchev–Trinajstić information content (AvgIpc) is 2.66. The number of methoxy groups -OCH3 is 2. The Balaban J connectivity index is 2.57. The standard InChI is InChI=1S/C10H20N4O2/c1-7(9-13-11-6-14(9)3)12-8(2)10(15-4)16-5/h6-8,10,12H,1-5H3. The molecule has 6 heteroatoms. The molecule has 0 aliphatic heterocycles. The Kier molecular flexibility index (Phi) is 4.85. The maximum atomic E-state index is 5.18. The molecule has 0 bridgehead atoms. The van der Waals surface area contributed by atoms with E-state index in [1.807, 2.05) is 25.5 Å². The monoisotopic (exact) mass is 228 g/mol. The van der Waals surface area contributed by atoms with E-state index in [9.17, 15) is 0 Å². The van der Waals surface area contributed by atoms with Crippen molar-refractivity contribution >= 4 is 0 Å². The highest BCUT2D eigenvalue weighted by Crippen LogP contribution is 2.10. The average molecular weight is 228 g/mol. The van der Waals surface area contributed by atoms with Crippen LogP contribution in [0, 0.1) is 0 Å². The normalized spacial score (nSPS) is 15.4. The van der Waals surface area contributed by atoms with Crippen molar-refractivity contribution in [1.29, 1.82) is 0 Å². The third-order valence-electron chi connectivity index (χ3n) is 2.52. The zero-order valence-electron chi connectivity index (χ0n) is 10.5. The molecule has 2 atom stereocenters. The van der Waals surface area contributed by atoms with Crippen LogP contribution in [0.2, 0.25) is 0 Å². The summed E-state index contributed by atoms with van der Waals surface area (Å²) in [6, 6.07) is 0.164. The van der Waals surface area contributed by atoms with E-state index in [-0.39, 0.29) is 18.4 Å². The van der Waals surface area contributed by atoms with Crippen molar-refractivity contribution in [2.45, 2.75) is 32.2 Å². The zero-order chi connectivity index (χ0) is 12.1. The number of rotatable bonds is 6. The predicted octanol–water partition coefficient (Wildman–Crippen LogP) is 0.473. The fourth-order valence-electron chi connectivity index (χ4n) is 1.74. The van der Waals surface area contributed by atoms with E-state index in [2.05, 4.69) is 15.5 Å². The number of hydrogen-bond donors (Lipinski definition) is 1. The number of nitrogens with one attached hydrogen (secondary N) is 1. The number of hydrogen-bond acceptors (Lipinski definition) is 5. The topological polar surface area (TPSA) is 61.2 Å². The van der Waals surface area contributed by atoms with Crippen molar-refractivity contribution in [3.8, 4) is 0 Å². The third-order valence-corrected chi connectivity index (χ3v) is 2.52. The van der Waals surface area contributed by atoms with Crippen molar-refractivity contribution in [1.82, 2.24) is 20.1 Å². The van der Waals surface area contributed by atoms with Gasteiger partial charge in [-0.25, -0.2) is 0 Å². The second-order valence-corrected chi connectivity index (χ2v) is 3.82. The minimum Gasteiger partial charge on any atom is -0.354 e. The van der Waals surface area contributed by atoms with Crippen LogP contribution in [0.4, 0.5) is 0 Å². The fourth-order valence-corrected chi connectivity index (χ4v) is 1.74. The predicted molar refractivity (Wildman–Crippen MR) is 59.8 cm³/mol. The zero-order valence-corrected chi connectivity index (χ0v) is 10.5. The lowest BCUT2D eigenvalue weighted by Crippen LogP contribution is -2.41. The summed E-state index contributed by atoms with van der Waals surface area (Å²) in [5.41, 5.74) is 0. The first-order chi connectivity index (χ1) is 7.60. The van der Waals surface area contributed by atoms with Crippen LogP contribution in [0.15, 0.2) is 6.33 Å². The Labute approximate surface area is 96.0 Å². The molecule has 0 aliphatic rings. The molecule has 1 heterocycles. The van der Waals surface area contributed by atoms with Gasteiger partial charge in [0.1, 0.15) is 12.2 Å². The van der Waals surface area contributed by atoms with Gasteiger partial charge in [-0.2, -0.15) is 0 Å². The van der Waals surface area contributed by atoms with Crippen LogP contribution in [0.1, 0.15) is 25.7 Å². The summed E-state index contributed by atoms with van der Waals surface area (Å²) in [6.07, 6.45) is 1.41. The molecule has 0 aliphatic carbocycles. The molecule has 1 aromatic rings. The van der Waals surface area contributed by atoms with E-state index in [4.69, 9.17) is 9.47 Å². The van der Waals surface area contributed by atoms with Gasteiger partial charge in [0.2, 0.25) is 0 Å². The molecule has 0 saturated heterocycles. The van der Waals surface area contributed by atoms with Crippen molar-refractivity contribution in [2.75, 3.05) is 14.2 Å². The van der Waals surface area contributed by atoms with Crippen LogP contribution in [-0.4, -0.2) is 41.3 Å². The lowest BCUT2D eigenvalue weighted by molar-refractivity contribution is -0.120. The van der Waals surface area contributed by atoms with Gasteiger partial charge in [-0.05, 0) is 13.8 Å². The van der Waals surface area contributed by atoms with Crippen molar-refractivity contribution < 1.29 is 9.47 Å². The van der Waals surface area contributed by atoms with Crippen LogP contribution < -0.4 is 5.32 Å². The van der Waals surface area contributed by atoms with Gasteiger partial charge in [0.25, 0.3) is 0 Å². The minimum absolute atomic E-state index is 0.0710. The Morgan fingerprint density at radius 3 is 2.38 bits per heavy atom. The first-order valence-corrected chi connectivity index (χ1v) is 5.25. The SMILES string of the molecule is COC(OC)C(C)NC(C)c1nncn1C. The first kappa shape index (κ1) is 13.1. The van der Waals surface area contributed by atoms with Gasteiger partial charge < -0.3 is 19.4 Å². The first-order valence-electron chi connectivity index (χ1n) is 5.25. The third kappa shape index (κ3) is 3.01. The molecule has 0 saturated carbocycles. The van der Waals surface area contributed by atoms with E-state index in [1.54, 1.807) is 20.5 Å². The van der Waals surface area contributed by atoms with Crippen LogP contribution in [0.25, 0.3) is 0 Å². The molecular formula is C10H20N4O2. The van der Waals surface area contributed by atoms with E-state index < -0.39 is 0 Å². The minimum atomic E-state index is -0.268. The van der Waals surface area contributed by atoms with Crippen molar-refractivity contribution in [3.63, 3.8) is 0 Å². The Hall–Kier alpha value is -0.980. The molecule has 1 N–H and O–H groups in total. The van der Waals surface area contributed by atoms with E-state index in [0.29, 0.717) is 0 Å². The number of aryl methyl sites for hydroxylation is 1. The smallest absolute Gasteiger partial charge is 0.171 e. The molecular weight excluding hydrogens is 208 g/mol. The van der Waals surface area contributed by atoms with Gasteiger partial charge in [-0.3, -0.25) is 0 Å². The van der Waals surface area contributed by atoms with E-state index in [1.165, 1.54) is 0 Å². The van der Waals surface area contributed by atoms with Gasteiger partial charge in [0.05, 0.1) is 12.1 Å². The Bertz CT molecular complexity index is 312. The fraction of sp³-hybridized carbons (Fsp3) is 0.800. The van der Waals surface area contributed by atoms with Gasteiger partial charge in [-0.1, -0.05) is 0 Å². The van der Waals surface area contributed by atoms with Crippen LogP contribution in [0.5, 0.6) is 0 Å². The number of aromatic nitrogens is 3. The van der Waals surface area contributed by atoms with Gasteiger partial charge in [0.15, 0.2) is 6.29 Å². The summed E-state index contributed by atoms with van der Waals surface area (Å²) >= 11 is 0. The summed E-state index contributed by atoms with van der Waals surface area (Å²) in [5, 5.41) is 11.2. The van der Waals surface area contributed by atoms with E-state index >= 15 is 0 Å². The molecule has 1 aromatic heterocycles. The largest absolute Gasteiger partial charge is 0.354 e. The second-order valence-electron chi connectivity index (χ2n) is 3.82. The molecule has 0 fully saturated rings. The summed E-state index contributed by atoms with van der Waals surface area (Å²) in [4.78, 5) is 0. The maximum absolute atomic E-state index is 5.18.